The molecule has 1 N–H and O–H groups in total. The number of aromatic nitrogens is 4. The molecule has 4 aromatic rings. The molecule has 266 valence electrons. The van der Waals surface area contributed by atoms with Crippen LogP contribution in [0, 0.1) is 33.6 Å². The number of methoxy groups -OCH3 is 1. The predicted octanol–water partition coefficient (Wildman–Crippen LogP) is 8.20. The summed E-state index contributed by atoms with van der Waals surface area (Å²) in [6.07, 6.45) is 10.5. The molecule has 2 aliphatic rings. The van der Waals surface area contributed by atoms with Gasteiger partial charge in [0.25, 0.3) is 0 Å². The Morgan fingerprint density at radius 2 is 1.46 bits per heavy atom. The van der Waals surface area contributed by atoms with E-state index >= 15 is 0 Å². The number of nitrogens with one attached hydrogen (secondary N) is 1. The van der Waals surface area contributed by atoms with Crippen molar-refractivity contribution in [2.75, 3.05) is 48.4 Å². The van der Waals surface area contributed by atoms with Gasteiger partial charge in [0.2, 0.25) is 11.2 Å². The Bertz CT molecular complexity index is 1700. The molecule has 4 heterocycles. The first-order valence-electron chi connectivity index (χ1n) is 17.4. The van der Waals surface area contributed by atoms with Crippen molar-refractivity contribution >= 4 is 41.0 Å². The van der Waals surface area contributed by atoms with Crippen LogP contribution in [0.25, 0.3) is 6.08 Å². The standard InChI is InChI=1S/C19H24N4.C15H21NO2.C6H7ClN2/c1-4-16-6-5-7-18(12-16)23-10-8-17(9-11-23)22-19-20-13-14(2)15(3)21-19;1-12-6-8-16(9-7-12)14-5-3-4-13(10-14)11-15(17)18-2;1-4-3-8-6(7)9-5(4)2/h4-7,12-13,17H,1,8-11H2,2-3H3,(H,20,21,22);3-5,10,12H,6-9,11H2,1-2H3;3H,1-2H3. The fourth-order valence-corrected chi connectivity index (χ4v) is 5.95. The van der Waals surface area contributed by atoms with E-state index in [1.807, 2.05) is 52.1 Å². The summed E-state index contributed by atoms with van der Waals surface area (Å²) in [5.74, 6) is 1.40. The SMILES string of the molecule is C=Cc1cccc(N2CCC(Nc3ncc(C)c(C)n3)CC2)c1.COC(=O)Cc1cccc(N2CCC(C)CC2)c1.Cc1cnc(Cl)nc1C. The van der Waals surface area contributed by atoms with Crippen molar-refractivity contribution in [3.8, 4) is 0 Å². The molecule has 6 rings (SSSR count). The molecule has 50 heavy (non-hydrogen) atoms. The second-order valence-corrected chi connectivity index (χ2v) is 13.5. The molecule has 2 fully saturated rings. The number of hydrogen-bond acceptors (Lipinski definition) is 9. The number of carbonyl (C=O) groups is 1. The topological polar surface area (TPSA) is 96.4 Å². The number of ether oxygens (including phenoxy) is 1. The van der Waals surface area contributed by atoms with Crippen LogP contribution in [0.4, 0.5) is 17.3 Å². The minimum atomic E-state index is -0.181. The van der Waals surface area contributed by atoms with Crippen LogP contribution in [0.5, 0.6) is 0 Å². The zero-order valence-electron chi connectivity index (χ0n) is 30.5. The van der Waals surface area contributed by atoms with Crippen LogP contribution in [0.2, 0.25) is 5.28 Å². The zero-order chi connectivity index (χ0) is 36.0. The minimum Gasteiger partial charge on any atom is -0.469 e. The Hall–Kier alpha value is -4.50. The molecule has 0 aliphatic carbocycles. The number of aryl methyl sites for hydroxylation is 4. The molecule has 0 atom stereocenters. The summed E-state index contributed by atoms with van der Waals surface area (Å²) in [6.45, 7) is 18.4. The molecule has 0 unspecified atom stereocenters. The van der Waals surface area contributed by atoms with Crippen molar-refractivity contribution in [1.82, 2.24) is 19.9 Å². The van der Waals surface area contributed by atoms with Crippen LogP contribution < -0.4 is 15.1 Å². The third kappa shape index (κ3) is 11.8. The Morgan fingerprint density at radius 1 is 0.880 bits per heavy atom. The molecule has 0 radical (unpaired) electrons. The van der Waals surface area contributed by atoms with E-state index in [-0.39, 0.29) is 5.97 Å². The van der Waals surface area contributed by atoms with Crippen LogP contribution in [-0.4, -0.2) is 65.2 Å². The Kier molecular flexibility index (Phi) is 14.6. The van der Waals surface area contributed by atoms with Gasteiger partial charge in [-0.1, -0.05) is 43.8 Å². The first-order valence-corrected chi connectivity index (χ1v) is 17.8. The average molecular weight is 698 g/mol. The summed E-state index contributed by atoms with van der Waals surface area (Å²) >= 11 is 5.49. The normalized spacial score (nSPS) is 14.9. The number of rotatable bonds is 7. The quantitative estimate of drug-likeness (QED) is 0.151. The molecular formula is C40H52ClN7O2. The average Bonchev–Trinajstić information content (AvgIpc) is 3.13. The number of piperidine rings is 2. The predicted molar refractivity (Wildman–Crippen MR) is 206 cm³/mol. The van der Waals surface area contributed by atoms with Gasteiger partial charge in [0.1, 0.15) is 0 Å². The Balaban J connectivity index is 0.000000184. The summed E-state index contributed by atoms with van der Waals surface area (Å²) < 4.78 is 4.70. The molecule has 0 amide bonds. The highest BCUT2D eigenvalue weighted by atomic mass is 35.5. The van der Waals surface area contributed by atoms with Gasteiger partial charge in [-0.3, -0.25) is 4.79 Å². The van der Waals surface area contributed by atoms with E-state index < -0.39 is 0 Å². The maximum Gasteiger partial charge on any atom is 0.309 e. The fourth-order valence-electron chi connectivity index (χ4n) is 5.78. The van der Waals surface area contributed by atoms with Gasteiger partial charge < -0.3 is 19.9 Å². The van der Waals surface area contributed by atoms with Gasteiger partial charge in [0.15, 0.2) is 0 Å². The highest BCUT2D eigenvalue weighted by Crippen LogP contribution is 2.25. The van der Waals surface area contributed by atoms with E-state index in [4.69, 9.17) is 16.3 Å². The molecule has 2 aliphatic heterocycles. The van der Waals surface area contributed by atoms with Crippen molar-refractivity contribution in [2.45, 2.75) is 72.8 Å². The molecule has 9 nitrogen and oxygen atoms in total. The van der Waals surface area contributed by atoms with E-state index in [9.17, 15) is 4.79 Å². The van der Waals surface area contributed by atoms with E-state index in [0.717, 1.165) is 79.0 Å². The number of nitrogens with zero attached hydrogens (tertiary/aromatic N) is 6. The lowest BCUT2D eigenvalue weighted by Gasteiger charge is -2.34. The zero-order valence-corrected chi connectivity index (χ0v) is 31.2. The summed E-state index contributed by atoms with van der Waals surface area (Å²) in [6, 6.07) is 17.2. The van der Waals surface area contributed by atoms with Gasteiger partial charge >= 0.3 is 5.97 Å². The lowest BCUT2D eigenvalue weighted by atomic mass is 9.98. The lowest BCUT2D eigenvalue weighted by molar-refractivity contribution is -0.139. The molecule has 2 saturated heterocycles. The van der Waals surface area contributed by atoms with Gasteiger partial charge in [-0.05, 0) is 117 Å². The van der Waals surface area contributed by atoms with Gasteiger partial charge in [0.05, 0.1) is 13.5 Å². The van der Waals surface area contributed by atoms with Gasteiger partial charge in [0, 0.05) is 67.4 Å². The third-order valence-corrected chi connectivity index (χ3v) is 9.54. The maximum atomic E-state index is 11.3. The van der Waals surface area contributed by atoms with Crippen molar-refractivity contribution in [3.63, 3.8) is 0 Å². The van der Waals surface area contributed by atoms with E-state index in [1.54, 1.807) is 6.20 Å². The van der Waals surface area contributed by atoms with Crippen molar-refractivity contribution in [3.05, 3.63) is 106 Å². The van der Waals surface area contributed by atoms with Gasteiger partial charge in [-0.2, -0.15) is 0 Å². The van der Waals surface area contributed by atoms with Crippen molar-refractivity contribution in [1.29, 1.82) is 0 Å². The van der Waals surface area contributed by atoms with Crippen LogP contribution in [0.1, 0.15) is 66.2 Å². The highest BCUT2D eigenvalue weighted by molar-refractivity contribution is 6.28. The van der Waals surface area contributed by atoms with Crippen molar-refractivity contribution in [2.24, 2.45) is 5.92 Å². The van der Waals surface area contributed by atoms with Crippen LogP contribution in [0.15, 0.2) is 67.5 Å². The number of hydrogen-bond donors (Lipinski definition) is 1. The van der Waals surface area contributed by atoms with E-state index in [0.29, 0.717) is 17.7 Å². The first-order chi connectivity index (χ1) is 24.0. The number of benzene rings is 2. The second-order valence-electron chi connectivity index (χ2n) is 13.2. The summed E-state index contributed by atoms with van der Waals surface area (Å²) in [5, 5.41) is 3.80. The van der Waals surface area contributed by atoms with Crippen LogP contribution in [0.3, 0.4) is 0 Å². The monoisotopic (exact) mass is 697 g/mol. The Labute approximate surface area is 303 Å². The molecule has 2 aromatic carbocycles. The molecule has 2 aromatic heterocycles. The molecule has 0 bridgehead atoms. The first kappa shape index (κ1) is 38.3. The van der Waals surface area contributed by atoms with E-state index in [2.05, 4.69) is 85.0 Å². The molecular weight excluding hydrogens is 646 g/mol. The number of anilines is 3. The number of halogens is 1. The Morgan fingerprint density at radius 3 is 2.04 bits per heavy atom. The summed E-state index contributed by atoms with van der Waals surface area (Å²) in [4.78, 5) is 32.7. The lowest BCUT2D eigenvalue weighted by Crippen LogP contribution is -2.39. The smallest absolute Gasteiger partial charge is 0.309 e. The fraction of sp³-hybridized carbons (Fsp3) is 0.425. The maximum absolute atomic E-state index is 11.3. The summed E-state index contributed by atoms with van der Waals surface area (Å²) in [7, 11) is 1.43. The number of carbonyl (C=O) groups excluding carboxylic acids is 1. The van der Waals surface area contributed by atoms with Crippen LogP contribution in [-0.2, 0) is 16.0 Å². The summed E-state index contributed by atoms with van der Waals surface area (Å²) in [5.41, 5.74) is 8.89. The van der Waals surface area contributed by atoms with Crippen LogP contribution >= 0.6 is 11.6 Å². The molecule has 0 saturated carbocycles. The van der Waals surface area contributed by atoms with Crippen molar-refractivity contribution < 1.29 is 9.53 Å². The largest absolute Gasteiger partial charge is 0.469 e. The minimum absolute atomic E-state index is 0.181. The molecule has 10 heteroatoms. The second kappa shape index (κ2) is 19.0. The van der Waals surface area contributed by atoms with E-state index in [1.165, 1.54) is 36.9 Å². The number of esters is 1. The third-order valence-electron chi connectivity index (χ3n) is 9.35. The van der Waals surface area contributed by atoms with Gasteiger partial charge in [-0.15, -0.1) is 0 Å². The highest BCUT2D eigenvalue weighted by Gasteiger charge is 2.20. The van der Waals surface area contributed by atoms with Gasteiger partial charge in [-0.25, -0.2) is 19.9 Å². The molecule has 0 spiro atoms.